The van der Waals surface area contributed by atoms with Gasteiger partial charge in [0.2, 0.25) is 16.0 Å². The summed E-state index contributed by atoms with van der Waals surface area (Å²) < 4.78 is 39.7. The summed E-state index contributed by atoms with van der Waals surface area (Å²) in [4.78, 5) is 4.97. The average molecular weight is 404 g/mol. The molecule has 4 N–H and O–H groups in total. The minimum Gasteiger partial charge on any atom is -0.390 e. The fourth-order valence-corrected chi connectivity index (χ4v) is 5.29. The van der Waals surface area contributed by atoms with E-state index in [1.165, 1.54) is 36.6 Å². The van der Waals surface area contributed by atoms with Crippen molar-refractivity contribution in [2.75, 3.05) is 18.5 Å². The van der Waals surface area contributed by atoms with Gasteiger partial charge in [0.15, 0.2) is 0 Å². The van der Waals surface area contributed by atoms with Crippen LogP contribution in [0.3, 0.4) is 0 Å². The third-order valence-electron chi connectivity index (χ3n) is 4.37. The third-order valence-corrected chi connectivity index (χ3v) is 7.21. The lowest BCUT2D eigenvalue weighted by Crippen LogP contribution is -2.50. The Bertz CT molecular complexity index is 1110. The van der Waals surface area contributed by atoms with E-state index in [2.05, 4.69) is 17.5 Å². The molecule has 0 amide bonds. The molecular formula is C18H17FN4O2S2. The van der Waals surface area contributed by atoms with Crippen LogP contribution in [-0.4, -0.2) is 31.5 Å². The van der Waals surface area contributed by atoms with Crippen LogP contribution < -0.4 is 11.5 Å². The van der Waals surface area contributed by atoms with E-state index in [4.69, 9.17) is 17.9 Å². The van der Waals surface area contributed by atoms with Crippen LogP contribution in [0.15, 0.2) is 41.9 Å². The van der Waals surface area contributed by atoms with Crippen LogP contribution >= 0.6 is 11.3 Å². The van der Waals surface area contributed by atoms with Gasteiger partial charge in [0.05, 0.1) is 5.00 Å². The molecule has 1 unspecified atom stereocenters. The second-order valence-electron chi connectivity index (χ2n) is 6.08. The lowest BCUT2D eigenvalue weighted by atomic mass is 9.93. The standard InChI is InChI=1S/C18H17FN4O2S2/c1-4-11-6-12(8-13(19)7-11)15-9-14(16(20)26-15)18(5-2)10-27(24,25)23(3)17(21)22-18/h1,5-9H,2,10,20H2,3H3,(H2,21,22). The van der Waals surface area contributed by atoms with Crippen molar-refractivity contribution in [2.45, 2.75) is 5.54 Å². The molecule has 0 radical (unpaired) electrons. The summed E-state index contributed by atoms with van der Waals surface area (Å²) in [5.41, 5.74) is 12.0. The minimum absolute atomic E-state index is 0.159. The first-order valence-corrected chi connectivity index (χ1v) is 10.2. The number of sulfonamides is 1. The Morgan fingerprint density at radius 3 is 2.70 bits per heavy atom. The summed E-state index contributed by atoms with van der Waals surface area (Å²) in [6.45, 7) is 3.74. The summed E-state index contributed by atoms with van der Waals surface area (Å²) in [5, 5.41) is 0.340. The molecule has 0 fully saturated rings. The van der Waals surface area contributed by atoms with Gasteiger partial charge in [0, 0.05) is 23.1 Å². The van der Waals surface area contributed by atoms with Crippen molar-refractivity contribution in [3.63, 3.8) is 0 Å². The number of benzene rings is 1. The maximum absolute atomic E-state index is 13.8. The largest absolute Gasteiger partial charge is 0.390 e. The van der Waals surface area contributed by atoms with Crippen LogP contribution in [0.2, 0.25) is 0 Å². The fourth-order valence-electron chi connectivity index (χ4n) is 2.88. The van der Waals surface area contributed by atoms with E-state index in [1.807, 2.05) is 0 Å². The molecule has 0 aliphatic carbocycles. The maximum Gasteiger partial charge on any atom is 0.240 e. The van der Waals surface area contributed by atoms with Crippen molar-refractivity contribution in [1.82, 2.24) is 4.31 Å². The quantitative estimate of drug-likeness (QED) is 0.604. The van der Waals surface area contributed by atoms with Gasteiger partial charge in [-0.1, -0.05) is 12.0 Å². The summed E-state index contributed by atoms with van der Waals surface area (Å²) in [6.07, 6.45) is 6.77. The maximum atomic E-state index is 13.8. The number of rotatable bonds is 3. The Labute approximate surface area is 161 Å². The molecule has 0 spiro atoms. The van der Waals surface area contributed by atoms with E-state index in [1.54, 1.807) is 12.1 Å². The molecule has 1 aliphatic heterocycles. The molecule has 27 heavy (non-hydrogen) atoms. The number of anilines is 1. The number of nitrogen functional groups attached to an aromatic ring is 1. The summed E-state index contributed by atoms with van der Waals surface area (Å²) in [6, 6.07) is 5.91. The molecule has 2 aromatic rings. The number of terminal acetylenes is 1. The first kappa shape index (κ1) is 18.9. The summed E-state index contributed by atoms with van der Waals surface area (Å²) >= 11 is 1.18. The Morgan fingerprint density at radius 1 is 1.41 bits per heavy atom. The van der Waals surface area contributed by atoms with E-state index < -0.39 is 21.4 Å². The lowest BCUT2D eigenvalue weighted by Gasteiger charge is -2.34. The molecule has 0 saturated carbocycles. The van der Waals surface area contributed by atoms with Gasteiger partial charge in [-0.05, 0) is 29.8 Å². The van der Waals surface area contributed by atoms with Crippen LogP contribution in [0.25, 0.3) is 10.4 Å². The molecule has 0 saturated heterocycles. The average Bonchev–Trinajstić information content (AvgIpc) is 3.01. The molecule has 1 aromatic carbocycles. The topological polar surface area (TPSA) is 102 Å². The Hall–Kier alpha value is -2.83. The number of hydrogen-bond acceptors (Lipinski definition) is 6. The highest BCUT2D eigenvalue weighted by Gasteiger charge is 2.43. The molecule has 9 heteroatoms. The van der Waals surface area contributed by atoms with Gasteiger partial charge in [0.25, 0.3) is 0 Å². The molecule has 6 nitrogen and oxygen atoms in total. The van der Waals surface area contributed by atoms with Gasteiger partial charge in [-0.15, -0.1) is 24.3 Å². The second-order valence-corrected chi connectivity index (χ2v) is 9.17. The van der Waals surface area contributed by atoms with Gasteiger partial charge in [0.1, 0.15) is 17.1 Å². The molecule has 1 aliphatic rings. The van der Waals surface area contributed by atoms with Gasteiger partial charge in [-0.2, -0.15) is 0 Å². The number of thiophene rings is 1. The van der Waals surface area contributed by atoms with Gasteiger partial charge in [-0.25, -0.2) is 22.1 Å². The molecule has 2 heterocycles. The highest BCUT2D eigenvalue weighted by molar-refractivity contribution is 7.89. The number of guanidine groups is 1. The van der Waals surface area contributed by atoms with E-state index in [-0.39, 0.29) is 11.7 Å². The number of halogens is 1. The first-order valence-electron chi connectivity index (χ1n) is 7.75. The van der Waals surface area contributed by atoms with Crippen molar-refractivity contribution >= 4 is 32.3 Å². The molecule has 3 rings (SSSR count). The van der Waals surface area contributed by atoms with Crippen LogP contribution in [0.1, 0.15) is 11.1 Å². The monoisotopic (exact) mass is 404 g/mol. The van der Waals surface area contributed by atoms with Crippen LogP contribution in [0.4, 0.5) is 9.39 Å². The fraction of sp³-hybridized carbons (Fsp3) is 0.167. The van der Waals surface area contributed by atoms with Crippen LogP contribution in [0.5, 0.6) is 0 Å². The SMILES string of the molecule is C#Cc1cc(F)cc(-c2cc(C3(C=C)CS(=O)(=O)N(C)C(N)=N3)c(N)s2)c1. The molecule has 1 aromatic heterocycles. The number of hydrogen-bond donors (Lipinski definition) is 2. The van der Waals surface area contributed by atoms with Crippen molar-refractivity contribution in [3.05, 3.63) is 53.9 Å². The van der Waals surface area contributed by atoms with Gasteiger partial charge < -0.3 is 11.5 Å². The van der Waals surface area contributed by atoms with E-state index in [0.717, 1.165) is 4.31 Å². The molecule has 1 atom stereocenters. The highest BCUT2D eigenvalue weighted by Crippen LogP contribution is 2.43. The predicted molar refractivity (Wildman–Crippen MR) is 107 cm³/mol. The van der Waals surface area contributed by atoms with E-state index in [9.17, 15) is 12.8 Å². The zero-order valence-corrected chi connectivity index (χ0v) is 16.1. The lowest BCUT2D eigenvalue weighted by molar-refractivity contribution is 0.504. The smallest absolute Gasteiger partial charge is 0.240 e. The third kappa shape index (κ3) is 3.18. The van der Waals surface area contributed by atoms with Crippen LogP contribution in [-0.2, 0) is 15.6 Å². The Morgan fingerprint density at radius 2 is 2.11 bits per heavy atom. The predicted octanol–water partition coefficient (Wildman–Crippen LogP) is 2.09. The first-order chi connectivity index (χ1) is 12.6. The molecule has 0 bridgehead atoms. The van der Waals surface area contributed by atoms with Crippen molar-refractivity contribution in [1.29, 1.82) is 0 Å². The van der Waals surface area contributed by atoms with E-state index in [0.29, 0.717) is 26.6 Å². The molecule has 140 valence electrons. The van der Waals surface area contributed by atoms with Crippen molar-refractivity contribution in [2.24, 2.45) is 10.7 Å². The zero-order valence-electron chi connectivity index (χ0n) is 14.4. The van der Waals surface area contributed by atoms with E-state index >= 15 is 0 Å². The van der Waals surface area contributed by atoms with Crippen LogP contribution in [0, 0.1) is 18.2 Å². The highest BCUT2D eigenvalue weighted by atomic mass is 32.2. The summed E-state index contributed by atoms with van der Waals surface area (Å²) in [5.74, 6) is 1.40. The Balaban J connectivity index is 2.18. The number of aliphatic imine (C=N–C) groups is 1. The van der Waals surface area contributed by atoms with Crippen molar-refractivity contribution < 1.29 is 12.8 Å². The minimum atomic E-state index is -3.70. The van der Waals surface area contributed by atoms with Crippen molar-refractivity contribution in [3.8, 4) is 22.8 Å². The number of nitrogens with two attached hydrogens (primary N) is 2. The molecular weight excluding hydrogens is 387 g/mol. The summed E-state index contributed by atoms with van der Waals surface area (Å²) in [7, 11) is -2.37. The second kappa shape index (κ2) is 6.40. The van der Waals surface area contributed by atoms with Gasteiger partial charge >= 0.3 is 0 Å². The normalized spacial score (nSPS) is 21.4. The Kier molecular flexibility index (Phi) is 4.49. The number of nitrogens with zero attached hydrogens (tertiary/aromatic N) is 2. The van der Waals surface area contributed by atoms with Gasteiger partial charge in [-0.3, -0.25) is 0 Å². The zero-order chi connectivity index (χ0) is 20.0.